The van der Waals surface area contributed by atoms with Crippen LogP contribution in [0.4, 0.5) is 13.6 Å². The molecule has 0 aromatic heterocycles. The van der Waals surface area contributed by atoms with E-state index in [9.17, 15) is 13.6 Å². The fourth-order valence-corrected chi connectivity index (χ4v) is 3.32. The van der Waals surface area contributed by atoms with Gasteiger partial charge in [0.05, 0.1) is 6.10 Å². The summed E-state index contributed by atoms with van der Waals surface area (Å²) in [5.74, 6) is 0.958. The molecular weight excluding hydrogens is 378 g/mol. The highest BCUT2D eigenvalue weighted by atomic mass is 19.3. The number of ether oxygens (including phenoxy) is 2. The van der Waals surface area contributed by atoms with Crippen LogP contribution in [0.1, 0.15) is 36.8 Å². The summed E-state index contributed by atoms with van der Waals surface area (Å²) in [6.07, 6.45) is 5.02. The fraction of sp³-hybridized carbons (Fsp3) is 0.409. The van der Waals surface area contributed by atoms with E-state index in [1.807, 2.05) is 24.3 Å². The molecule has 2 aromatic rings. The maximum Gasteiger partial charge on any atom is 0.387 e. The van der Waals surface area contributed by atoms with Crippen LogP contribution >= 0.6 is 0 Å². The molecule has 29 heavy (non-hydrogen) atoms. The zero-order valence-electron chi connectivity index (χ0n) is 16.4. The Morgan fingerprint density at radius 2 is 1.62 bits per heavy atom. The topological polar surface area (TPSA) is 50.8 Å². The van der Waals surface area contributed by atoms with Gasteiger partial charge in [-0.3, -0.25) is 0 Å². The lowest BCUT2D eigenvalue weighted by molar-refractivity contribution is -0.0498. The van der Waals surface area contributed by atoms with Crippen LogP contribution in [0, 0.1) is 0 Å². The van der Waals surface area contributed by atoms with Crippen molar-refractivity contribution in [2.75, 3.05) is 7.05 Å². The Hall–Kier alpha value is -2.83. The number of nitrogens with zero attached hydrogens (tertiary/aromatic N) is 1. The van der Waals surface area contributed by atoms with Gasteiger partial charge in [-0.2, -0.15) is 8.78 Å². The van der Waals surface area contributed by atoms with Crippen molar-refractivity contribution in [2.24, 2.45) is 0 Å². The Kier molecular flexibility index (Phi) is 7.27. The predicted octanol–water partition coefficient (Wildman–Crippen LogP) is 4.95. The highest BCUT2D eigenvalue weighted by Crippen LogP contribution is 2.24. The van der Waals surface area contributed by atoms with E-state index < -0.39 is 6.61 Å². The maximum absolute atomic E-state index is 12.3. The first kappa shape index (κ1) is 20.9. The predicted molar refractivity (Wildman–Crippen MR) is 106 cm³/mol. The van der Waals surface area contributed by atoms with Gasteiger partial charge in [0.15, 0.2) is 0 Å². The van der Waals surface area contributed by atoms with Crippen molar-refractivity contribution in [1.29, 1.82) is 0 Å². The van der Waals surface area contributed by atoms with Crippen LogP contribution in [-0.4, -0.2) is 30.7 Å². The molecule has 2 amide bonds. The monoisotopic (exact) mass is 404 g/mol. The van der Waals surface area contributed by atoms with Crippen LogP contribution in [0.15, 0.2) is 48.5 Å². The first-order valence-electron chi connectivity index (χ1n) is 9.78. The summed E-state index contributed by atoms with van der Waals surface area (Å²) >= 11 is 0. The second-order valence-electron chi connectivity index (χ2n) is 7.21. The average molecular weight is 404 g/mol. The first-order chi connectivity index (χ1) is 14.0. The number of hydrogen-bond donors (Lipinski definition) is 1. The number of alkyl halides is 2. The van der Waals surface area contributed by atoms with Crippen LogP contribution in [0.5, 0.6) is 11.5 Å². The summed E-state index contributed by atoms with van der Waals surface area (Å²) in [6.45, 7) is -2.08. The number of carbonyl (C=O) groups is 1. The standard InChI is InChI=1S/C22H26F2N2O3/c1-26(15-17-8-12-20(13-9-17)29-21(23)24)22(27)25-14-16-6-10-19(11-7-16)28-18-4-2-3-5-18/h6-13,18,21H,2-5,14-15H2,1H3,(H,25,27). The van der Waals surface area contributed by atoms with Crippen molar-refractivity contribution in [1.82, 2.24) is 10.2 Å². The summed E-state index contributed by atoms with van der Waals surface area (Å²) in [4.78, 5) is 13.8. The summed E-state index contributed by atoms with van der Waals surface area (Å²) < 4.78 is 34.6. The Bertz CT molecular complexity index is 776. The highest BCUT2D eigenvalue weighted by molar-refractivity contribution is 5.73. The molecule has 0 unspecified atom stereocenters. The summed E-state index contributed by atoms with van der Waals surface area (Å²) in [7, 11) is 1.68. The van der Waals surface area contributed by atoms with Gasteiger partial charge in [-0.1, -0.05) is 24.3 Å². The van der Waals surface area contributed by atoms with Crippen LogP contribution in [0.25, 0.3) is 0 Å². The Morgan fingerprint density at radius 3 is 2.24 bits per heavy atom. The molecule has 0 radical (unpaired) electrons. The zero-order valence-corrected chi connectivity index (χ0v) is 16.4. The molecular formula is C22H26F2N2O3. The lowest BCUT2D eigenvalue weighted by atomic mass is 10.2. The number of benzene rings is 2. The van der Waals surface area contributed by atoms with Gasteiger partial charge in [0.1, 0.15) is 11.5 Å². The summed E-state index contributed by atoms with van der Waals surface area (Å²) in [6, 6.07) is 13.8. The molecule has 3 rings (SSSR count). The molecule has 0 saturated heterocycles. The third-order valence-corrected chi connectivity index (χ3v) is 4.89. The smallest absolute Gasteiger partial charge is 0.387 e. The van der Waals surface area contributed by atoms with Crippen molar-refractivity contribution in [3.63, 3.8) is 0 Å². The molecule has 0 spiro atoms. The van der Waals surface area contributed by atoms with Gasteiger partial charge in [0.25, 0.3) is 0 Å². The molecule has 0 aliphatic heterocycles. The SMILES string of the molecule is CN(Cc1ccc(OC(F)F)cc1)C(=O)NCc1ccc(OC2CCCC2)cc1. The lowest BCUT2D eigenvalue weighted by Gasteiger charge is -2.18. The van der Waals surface area contributed by atoms with Crippen LogP contribution in [-0.2, 0) is 13.1 Å². The molecule has 0 heterocycles. The van der Waals surface area contributed by atoms with Gasteiger partial charge in [0.2, 0.25) is 0 Å². The van der Waals surface area contributed by atoms with E-state index in [2.05, 4.69) is 10.1 Å². The normalized spacial score (nSPS) is 14.1. The van der Waals surface area contributed by atoms with E-state index in [1.165, 1.54) is 29.9 Å². The van der Waals surface area contributed by atoms with Gasteiger partial charge >= 0.3 is 12.6 Å². The minimum absolute atomic E-state index is 0.0937. The van der Waals surface area contributed by atoms with Crippen LogP contribution in [0.2, 0.25) is 0 Å². The Labute approximate surface area is 169 Å². The molecule has 1 aliphatic carbocycles. The molecule has 0 bridgehead atoms. The number of carbonyl (C=O) groups excluding carboxylic acids is 1. The van der Waals surface area contributed by atoms with Crippen molar-refractivity contribution in [3.05, 3.63) is 59.7 Å². The molecule has 1 saturated carbocycles. The number of hydrogen-bond acceptors (Lipinski definition) is 3. The van der Waals surface area contributed by atoms with Crippen LogP contribution < -0.4 is 14.8 Å². The Balaban J connectivity index is 1.43. The van der Waals surface area contributed by atoms with E-state index in [0.29, 0.717) is 19.2 Å². The zero-order chi connectivity index (χ0) is 20.6. The minimum atomic E-state index is -2.85. The van der Waals surface area contributed by atoms with Crippen molar-refractivity contribution < 1.29 is 23.0 Å². The van der Waals surface area contributed by atoms with Gasteiger partial charge in [-0.05, 0) is 61.1 Å². The van der Waals surface area contributed by atoms with Crippen LogP contribution in [0.3, 0.4) is 0 Å². The van der Waals surface area contributed by atoms with Crippen molar-refractivity contribution in [3.8, 4) is 11.5 Å². The molecule has 5 nitrogen and oxygen atoms in total. The van der Waals surface area contributed by atoms with Gasteiger partial charge in [-0.25, -0.2) is 4.79 Å². The van der Waals surface area contributed by atoms with Crippen molar-refractivity contribution in [2.45, 2.75) is 51.5 Å². The van der Waals surface area contributed by atoms with E-state index in [-0.39, 0.29) is 11.8 Å². The molecule has 7 heteroatoms. The number of urea groups is 1. The first-order valence-corrected chi connectivity index (χ1v) is 9.78. The van der Waals surface area contributed by atoms with Gasteiger partial charge in [0, 0.05) is 20.1 Å². The summed E-state index contributed by atoms with van der Waals surface area (Å²) in [5.41, 5.74) is 1.80. The quantitative estimate of drug-likeness (QED) is 0.677. The van der Waals surface area contributed by atoms with E-state index >= 15 is 0 Å². The average Bonchev–Trinajstić information content (AvgIpc) is 3.21. The molecule has 156 valence electrons. The number of amides is 2. The van der Waals surface area contributed by atoms with Crippen molar-refractivity contribution >= 4 is 6.03 Å². The Morgan fingerprint density at radius 1 is 1.03 bits per heavy atom. The molecule has 1 fully saturated rings. The molecule has 1 aliphatic rings. The lowest BCUT2D eigenvalue weighted by Crippen LogP contribution is -2.36. The van der Waals surface area contributed by atoms with E-state index in [0.717, 1.165) is 29.7 Å². The largest absolute Gasteiger partial charge is 0.490 e. The van der Waals surface area contributed by atoms with E-state index in [1.54, 1.807) is 19.2 Å². The second kappa shape index (κ2) is 10.1. The molecule has 0 atom stereocenters. The summed E-state index contributed by atoms with van der Waals surface area (Å²) in [5, 5.41) is 2.87. The van der Waals surface area contributed by atoms with Gasteiger partial charge < -0.3 is 19.7 Å². The highest BCUT2D eigenvalue weighted by Gasteiger charge is 2.16. The third kappa shape index (κ3) is 6.62. The molecule has 2 aromatic carbocycles. The maximum atomic E-state index is 12.3. The van der Waals surface area contributed by atoms with E-state index in [4.69, 9.17) is 4.74 Å². The number of nitrogens with one attached hydrogen (secondary N) is 1. The minimum Gasteiger partial charge on any atom is -0.490 e. The number of halogens is 2. The number of rotatable bonds is 8. The second-order valence-corrected chi connectivity index (χ2v) is 7.21. The van der Waals surface area contributed by atoms with Gasteiger partial charge in [-0.15, -0.1) is 0 Å². The fourth-order valence-electron chi connectivity index (χ4n) is 3.32. The third-order valence-electron chi connectivity index (χ3n) is 4.89. The molecule has 1 N–H and O–H groups in total.